The lowest BCUT2D eigenvalue weighted by Crippen LogP contribution is -2.49. The van der Waals surface area contributed by atoms with Crippen molar-refractivity contribution in [3.05, 3.63) is 0 Å². The highest BCUT2D eigenvalue weighted by Gasteiger charge is 2.50. The number of amides is 6. The van der Waals surface area contributed by atoms with E-state index in [1.165, 1.54) is 0 Å². The number of nitrogens with one attached hydrogen (secondary N) is 3. The van der Waals surface area contributed by atoms with E-state index in [0.29, 0.717) is 12.8 Å². The number of rotatable bonds is 3. The number of imide groups is 2. The molecule has 0 aromatic rings. The van der Waals surface area contributed by atoms with Gasteiger partial charge in [-0.25, -0.2) is 9.59 Å². The Morgan fingerprint density at radius 3 is 2.29 bits per heavy atom. The van der Waals surface area contributed by atoms with Gasteiger partial charge in [-0.05, 0) is 26.7 Å². The molecule has 6 amide bonds. The number of hydrogen-bond donors (Lipinski definition) is 3. The summed E-state index contributed by atoms with van der Waals surface area (Å²) in [5, 5.41) is 7.43. The summed E-state index contributed by atoms with van der Waals surface area (Å²) < 4.78 is 0. The number of carbonyl (C=O) groups excluding carboxylic acids is 4. The molecule has 2 aliphatic rings. The SMILES string of the molecule is CC(C)NC(=O)NC(=O)CN1C(=O)NC2(CCCCCCC2)C1=O. The van der Waals surface area contributed by atoms with Gasteiger partial charge in [-0.2, -0.15) is 0 Å². The van der Waals surface area contributed by atoms with Gasteiger partial charge in [0.2, 0.25) is 5.91 Å². The Hall–Kier alpha value is -2.12. The van der Waals surface area contributed by atoms with E-state index in [-0.39, 0.29) is 11.9 Å². The van der Waals surface area contributed by atoms with Crippen LogP contribution in [0.5, 0.6) is 0 Å². The van der Waals surface area contributed by atoms with Crippen LogP contribution in [-0.4, -0.2) is 46.9 Å². The lowest BCUT2D eigenvalue weighted by atomic mass is 9.84. The summed E-state index contributed by atoms with van der Waals surface area (Å²) >= 11 is 0. The van der Waals surface area contributed by atoms with Crippen molar-refractivity contribution in [2.75, 3.05) is 6.54 Å². The molecule has 1 aliphatic carbocycles. The van der Waals surface area contributed by atoms with Crippen molar-refractivity contribution in [2.45, 2.75) is 70.4 Å². The van der Waals surface area contributed by atoms with E-state index in [1.807, 2.05) is 0 Å². The first-order chi connectivity index (χ1) is 11.3. The molecule has 8 nitrogen and oxygen atoms in total. The highest BCUT2D eigenvalue weighted by Crippen LogP contribution is 2.31. The van der Waals surface area contributed by atoms with Crippen molar-refractivity contribution in [3.8, 4) is 0 Å². The summed E-state index contributed by atoms with van der Waals surface area (Å²) in [6, 6.07) is -1.31. The smallest absolute Gasteiger partial charge is 0.325 e. The van der Waals surface area contributed by atoms with Crippen molar-refractivity contribution >= 4 is 23.9 Å². The van der Waals surface area contributed by atoms with Crippen LogP contribution >= 0.6 is 0 Å². The molecule has 2 rings (SSSR count). The van der Waals surface area contributed by atoms with E-state index >= 15 is 0 Å². The summed E-state index contributed by atoms with van der Waals surface area (Å²) in [6.07, 6.45) is 6.19. The number of urea groups is 2. The van der Waals surface area contributed by atoms with Crippen LogP contribution < -0.4 is 16.0 Å². The summed E-state index contributed by atoms with van der Waals surface area (Å²) in [5.41, 5.74) is -0.877. The first kappa shape index (κ1) is 18.2. The van der Waals surface area contributed by atoms with Gasteiger partial charge in [0.25, 0.3) is 5.91 Å². The fraction of sp³-hybridized carbons (Fsp3) is 0.750. The third kappa shape index (κ3) is 4.24. The zero-order chi connectivity index (χ0) is 17.7. The summed E-state index contributed by atoms with van der Waals surface area (Å²) in [7, 11) is 0. The monoisotopic (exact) mass is 338 g/mol. The normalized spacial score (nSPS) is 20.5. The van der Waals surface area contributed by atoms with E-state index in [2.05, 4.69) is 16.0 Å². The maximum atomic E-state index is 12.7. The Bertz CT molecular complexity index is 524. The number of nitrogens with zero attached hydrogens (tertiary/aromatic N) is 1. The molecule has 2 fully saturated rings. The topological polar surface area (TPSA) is 108 Å². The maximum absolute atomic E-state index is 12.7. The third-order valence-corrected chi connectivity index (χ3v) is 4.43. The maximum Gasteiger partial charge on any atom is 0.325 e. The Morgan fingerprint density at radius 2 is 1.71 bits per heavy atom. The number of hydrogen-bond acceptors (Lipinski definition) is 4. The van der Waals surface area contributed by atoms with Crippen molar-refractivity contribution < 1.29 is 19.2 Å². The molecule has 0 bridgehead atoms. The van der Waals surface area contributed by atoms with Gasteiger partial charge in [0.05, 0.1) is 0 Å². The second-order valence-corrected chi connectivity index (χ2v) is 6.85. The molecule has 0 aromatic carbocycles. The van der Waals surface area contributed by atoms with Gasteiger partial charge in [-0.3, -0.25) is 19.8 Å². The van der Waals surface area contributed by atoms with E-state index in [4.69, 9.17) is 0 Å². The van der Waals surface area contributed by atoms with Crippen molar-refractivity contribution in [2.24, 2.45) is 0 Å². The van der Waals surface area contributed by atoms with Crippen molar-refractivity contribution in [1.82, 2.24) is 20.9 Å². The lowest BCUT2D eigenvalue weighted by Gasteiger charge is -2.28. The minimum Gasteiger partial charge on any atom is -0.336 e. The predicted molar refractivity (Wildman–Crippen MR) is 87.1 cm³/mol. The summed E-state index contributed by atoms with van der Waals surface area (Å²) in [4.78, 5) is 49.3. The second-order valence-electron chi connectivity index (χ2n) is 6.85. The standard InChI is InChI=1S/C16H26N4O4/c1-11(2)17-14(23)18-12(21)10-20-13(22)16(19-15(20)24)8-6-4-3-5-7-9-16/h11H,3-10H2,1-2H3,(H,19,24)(H2,17,18,21,23). The molecule has 24 heavy (non-hydrogen) atoms. The minimum atomic E-state index is -0.877. The zero-order valence-corrected chi connectivity index (χ0v) is 14.3. The molecule has 1 saturated carbocycles. The van der Waals surface area contributed by atoms with Crippen molar-refractivity contribution in [1.29, 1.82) is 0 Å². The quantitative estimate of drug-likeness (QED) is 0.673. The minimum absolute atomic E-state index is 0.118. The van der Waals surface area contributed by atoms with Gasteiger partial charge in [0.1, 0.15) is 12.1 Å². The summed E-state index contributed by atoms with van der Waals surface area (Å²) in [6.45, 7) is 3.08. The van der Waals surface area contributed by atoms with E-state index in [9.17, 15) is 19.2 Å². The van der Waals surface area contributed by atoms with Crippen LogP contribution in [0.25, 0.3) is 0 Å². The molecule has 1 saturated heterocycles. The van der Waals surface area contributed by atoms with Crippen LogP contribution in [0.1, 0.15) is 58.8 Å². The van der Waals surface area contributed by atoms with Crippen LogP contribution in [-0.2, 0) is 9.59 Å². The Labute approximate surface area is 141 Å². The number of carbonyl (C=O) groups is 4. The molecule has 8 heteroatoms. The van der Waals surface area contributed by atoms with Gasteiger partial charge >= 0.3 is 12.1 Å². The predicted octanol–water partition coefficient (Wildman–Crippen LogP) is 1.26. The molecular weight excluding hydrogens is 312 g/mol. The first-order valence-corrected chi connectivity index (χ1v) is 8.58. The van der Waals surface area contributed by atoms with Crippen LogP contribution in [0, 0.1) is 0 Å². The van der Waals surface area contributed by atoms with Crippen LogP contribution in [0.2, 0.25) is 0 Å². The van der Waals surface area contributed by atoms with Crippen LogP contribution in [0.3, 0.4) is 0 Å². The highest BCUT2D eigenvalue weighted by atomic mass is 16.2. The third-order valence-electron chi connectivity index (χ3n) is 4.43. The zero-order valence-electron chi connectivity index (χ0n) is 14.3. The molecule has 0 aromatic heterocycles. The molecular formula is C16H26N4O4. The molecule has 0 unspecified atom stereocenters. The lowest BCUT2D eigenvalue weighted by molar-refractivity contribution is -0.135. The van der Waals surface area contributed by atoms with Gasteiger partial charge in [-0.15, -0.1) is 0 Å². The van der Waals surface area contributed by atoms with Gasteiger partial charge in [0, 0.05) is 6.04 Å². The van der Waals surface area contributed by atoms with E-state index in [1.54, 1.807) is 13.8 Å². The Morgan fingerprint density at radius 1 is 1.12 bits per heavy atom. The second kappa shape index (κ2) is 7.63. The van der Waals surface area contributed by atoms with Gasteiger partial charge < -0.3 is 10.6 Å². The molecule has 134 valence electrons. The van der Waals surface area contributed by atoms with Crippen LogP contribution in [0.15, 0.2) is 0 Å². The molecule has 0 atom stereocenters. The first-order valence-electron chi connectivity index (χ1n) is 8.58. The summed E-state index contributed by atoms with van der Waals surface area (Å²) in [5.74, 6) is -1.03. The average molecular weight is 338 g/mol. The van der Waals surface area contributed by atoms with Gasteiger partial charge in [0.15, 0.2) is 0 Å². The Balaban J connectivity index is 1.98. The molecule has 1 aliphatic heterocycles. The fourth-order valence-corrected chi connectivity index (χ4v) is 3.28. The Kier molecular flexibility index (Phi) is 5.80. The van der Waals surface area contributed by atoms with Gasteiger partial charge in [-0.1, -0.05) is 32.1 Å². The van der Waals surface area contributed by atoms with E-state index < -0.39 is 30.1 Å². The van der Waals surface area contributed by atoms with E-state index in [0.717, 1.165) is 37.0 Å². The molecule has 0 radical (unpaired) electrons. The molecule has 3 N–H and O–H groups in total. The fourth-order valence-electron chi connectivity index (χ4n) is 3.28. The highest BCUT2D eigenvalue weighted by molar-refractivity contribution is 6.10. The largest absolute Gasteiger partial charge is 0.336 e. The molecule has 1 spiro atoms. The van der Waals surface area contributed by atoms with Crippen molar-refractivity contribution in [3.63, 3.8) is 0 Å². The molecule has 1 heterocycles. The van der Waals surface area contributed by atoms with Crippen LogP contribution in [0.4, 0.5) is 9.59 Å². The average Bonchev–Trinajstić information content (AvgIpc) is 2.67.